The van der Waals surface area contributed by atoms with Crippen LogP contribution < -0.4 is 9.64 Å². The lowest BCUT2D eigenvalue weighted by Crippen LogP contribution is -2.40. The molecule has 2 amide bonds. The first-order valence-electron chi connectivity index (χ1n) is 9.62. The van der Waals surface area contributed by atoms with Gasteiger partial charge in [-0.1, -0.05) is 24.3 Å². The summed E-state index contributed by atoms with van der Waals surface area (Å²) in [4.78, 5) is 40.9. The molecule has 2 aromatic rings. The molecule has 0 N–H and O–H groups in total. The molecule has 3 aliphatic heterocycles. The lowest BCUT2D eigenvalue weighted by molar-refractivity contribution is -0.132. The normalized spacial score (nSPS) is 26.1. The molecule has 3 aliphatic rings. The van der Waals surface area contributed by atoms with Crippen molar-refractivity contribution in [2.45, 2.75) is 19.0 Å². The van der Waals surface area contributed by atoms with Gasteiger partial charge in [-0.3, -0.25) is 14.4 Å². The number of rotatable bonds is 2. The fourth-order valence-corrected chi connectivity index (χ4v) is 4.79. The maximum absolute atomic E-state index is 13.4. The molecule has 30 heavy (non-hydrogen) atoms. The molecule has 0 aliphatic carbocycles. The van der Waals surface area contributed by atoms with E-state index in [-0.39, 0.29) is 17.9 Å². The topological polar surface area (TPSA) is 90.7 Å². The zero-order valence-corrected chi connectivity index (χ0v) is 16.1. The Morgan fingerprint density at radius 1 is 1.03 bits per heavy atom. The molecule has 2 fully saturated rings. The van der Waals surface area contributed by atoms with Crippen LogP contribution in [0.1, 0.15) is 24.1 Å². The van der Waals surface area contributed by atoms with Crippen molar-refractivity contribution in [3.8, 4) is 11.8 Å². The van der Waals surface area contributed by atoms with Gasteiger partial charge >= 0.3 is 5.97 Å². The Kier molecular flexibility index (Phi) is 3.97. The third kappa shape index (κ3) is 2.47. The second kappa shape index (κ2) is 6.56. The number of carbonyl (C=O) groups excluding carboxylic acids is 3. The number of ether oxygens (including phenoxy) is 1. The number of hydrogen-bond acceptors (Lipinski definition) is 6. The van der Waals surface area contributed by atoms with Gasteiger partial charge in [0.2, 0.25) is 11.8 Å². The molecule has 7 heteroatoms. The molecule has 2 saturated heterocycles. The van der Waals surface area contributed by atoms with Gasteiger partial charge in [-0.25, -0.2) is 4.90 Å². The lowest BCUT2D eigenvalue weighted by Gasteiger charge is -2.33. The SMILES string of the molecule is CC(=O)Oc1ccc(N2C(=O)[C@@H]3[C@H](C2=O)[C@@H]2c4ccccc4C=CN2[C@H]3C#N)cc1. The van der Waals surface area contributed by atoms with Crippen LogP contribution in [0.5, 0.6) is 5.75 Å². The minimum atomic E-state index is -0.739. The first-order chi connectivity index (χ1) is 14.5. The van der Waals surface area contributed by atoms with E-state index in [1.807, 2.05) is 41.4 Å². The van der Waals surface area contributed by atoms with Crippen molar-refractivity contribution in [3.63, 3.8) is 0 Å². The van der Waals surface area contributed by atoms with Crippen molar-refractivity contribution in [2.24, 2.45) is 11.8 Å². The van der Waals surface area contributed by atoms with E-state index in [0.29, 0.717) is 11.4 Å². The smallest absolute Gasteiger partial charge is 0.308 e. The van der Waals surface area contributed by atoms with Gasteiger partial charge in [0.25, 0.3) is 0 Å². The molecule has 0 aromatic heterocycles. The van der Waals surface area contributed by atoms with E-state index in [2.05, 4.69) is 6.07 Å². The second-order valence-electron chi connectivity index (χ2n) is 7.56. The van der Waals surface area contributed by atoms with Gasteiger partial charge in [0.1, 0.15) is 11.8 Å². The number of benzene rings is 2. The monoisotopic (exact) mass is 399 g/mol. The standard InChI is InChI=1S/C23H17N3O4/c1-13(27)30-16-8-6-15(7-9-16)26-22(28)19-18(12-24)25-11-10-14-4-2-3-5-17(14)21(25)20(19)23(26)29/h2-11,18-21H,1H3/t18-,19-,20-,21-/m0/s1. The summed E-state index contributed by atoms with van der Waals surface area (Å²) in [5.41, 5.74) is 2.33. The van der Waals surface area contributed by atoms with Crippen LogP contribution in [-0.2, 0) is 14.4 Å². The Morgan fingerprint density at radius 3 is 2.43 bits per heavy atom. The highest BCUT2D eigenvalue weighted by Crippen LogP contribution is 2.52. The molecule has 0 bridgehead atoms. The van der Waals surface area contributed by atoms with Crippen LogP contribution in [0.4, 0.5) is 5.69 Å². The van der Waals surface area contributed by atoms with Crippen molar-refractivity contribution in [1.82, 2.24) is 4.90 Å². The van der Waals surface area contributed by atoms with Crippen molar-refractivity contribution in [2.75, 3.05) is 4.90 Å². The molecule has 4 atom stereocenters. The Balaban J connectivity index is 1.54. The van der Waals surface area contributed by atoms with E-state index < -0.39 is 23.8 Å². The van der Waals surface area contributed by atoms with Gasteiger partial charge in [-0.05, 0) is 41.5 Å². The van der Waals surface area contributed by atoms with Crippen molar-refractivity contribution < 1.29 is 19.1 Å². The number of fused-ring (bicyclic) bond motifs is 5. The van der Waals surface area contributed by atoms with Crippen LogP contribution in [0.15, 0.2) is 54.7 Å². The van der Waals surface area contributed by atoms with Crippen LogP contribution in [0.2, 0.25) is 0 Å². The second-order valence-corrected chi connectivity index (χ2v) is 7.56. The van der Waals surface area contributed by atoms with Crippen molar-refractivity contribution in [3.05, 3.63) is 65.9 Å². The number of nitrogens with zero attached hydrogens (tertiary/aromatic N) is 3. The number of esters is 1. The molecule has 7 nitrogen and oxygen atoms in total. The zero-order valence-electron chi connectivity index (χ0n) is 16.1. The largest absolute Gasteiger partial charge is 0.427 e. The number of amides is 2. The van der Waals surface area contributed by atoms with Gasteiger partial charge in [0, 0.05) is 13.1 Å². The maximum Gasteiger partial charge on any atom is 0.308 e. The van der Waals surface area contributed by atoms with Crippen molar-refractivity contribution in [1.29, 1.82) is 5.26 Å². The first kappa shape index (κ1) is 18.1. The highest BCUT2D eigenvalue weighted by atomic mass is 16.5. The van der Waals surface area contributed by atoms with Gasteiger partial charge in [0.05, 0.1) is 29.6 Å². The van der Waals surface area contributed by atoms with Gasteiger partial charge in [-0.2, -0.15) is 5.26 Å². The molecule has 0 radical (unpaired) electrons. The fourth-order valence-electron chi connectivity index (χ4n) is 4.79. The summed E-state index contributed by atoms with van der Waals surface area (Å²) in [7, 11) is 0. The van der Waals surface area contributed by atoms with Gasteiger partial charge < -0.3 is 9.64 Å². The molecule has 3 heterocycles. The molecule has 2 aromatic carbocycles. The number of carbonyl (C=O) groups is 3. The third-order valence-electron chi connectivity index (χ3n) is 5.95. The van der Waals surface area contributed by atoms with Crippen molar-refractivity contribution >= 4 is 29.5 Å². The highest BCUT2D eigenvalue weighted by Gasteiger charge is 2.63. The quantitative estimate of drug-likeness (QED) is 0.438. The molecule has 0 unspecified atom stereocenters. The molecule has 148 valence electrons. The predicted molar refractivity (Wildman–Crippen MR) is 107 cm³/mol. The number of imide groups is 1. The number of hydrogen-bond donors (Lipinski definition) is 0. The summed E-state index contributed by atoms with van der Waals surface area (Å²) in [6, 6.07) is 15.1. The summed E-state index contributed by atoms with van der Waals surface area (Å²) < 4.78 is 5.02. The van der Waals surface area contributed by atoms with E-state index in [4.69, 9.17) is 4.74 Å². The molecule has 0 saturated carbocycles. The average molecular weight is 399 g/mol. The minimum Gasteiger partial charge on any atom is -0.427 e. The predicted octanol–water partition coefficient (Wildman–Crippen LogP) is 2.65. The average Bonchev–Trinajstić information content (AvgIpc) is 3.21. The molecular formula is C23H17N3O4. The van der Waals surface area contributed by atoms with E-state index in [9.17, 15) is 19.6 Å². The molecule has 5 rings (SSSR count). The van der Waals surface area contributed by atoms with Crippen LogP contribution in [0, 0.1) is 23.2 Å². The van der Waals surface area contributed by atoms with Crippen LogP contribution in [0.3, 0.4) is 0 Å². The summed E-state index contributed by atoms with van der Waals surface area (Å²) in [6.07, 6.45) is 3.73. The minimum absolute atomic E-state index is 0.317. The van der Waals surface area contributed by atoms with E-state index >= 15 is 0 Å². The van der Waals surface area contributed by atoms with E-state index in [1.54, 1.807) is 12.1 Å². The number of anilines is 1. The van der Waals surface area contributed by atoms with Gasteiger partial charge in [0.15, 0.2) is 0 Å². The zero-order chi connectivity index (χ0) is 21.0. The number of nitriles is 1. The Morgan fingerprint density at radius 2 is 1.73 bits per heavy atom. The Hall–Kier alpha value is -3.92. The Bertz CT molecular complexity index is 1150. The summed E-state index contributed by atoms with van der Waals surface area (Å²) in [5, 5.41) is 9.83. The fraction of sp³-hybridized carbons (Fsp3) is 0.217. The summed E-state index contributed by atoms with van der Waals surface area (Å²) in [6.45, 7) is 1.30. The van der Waals surface area contributed by atoms with E-state index in [1.165, 1.54) is 19.1 Å². The highest BCUT2D eigenvalue weighted by molar-refractivity contribution is 6.23. The van der Waals surface area contributed by atoms with Gasteiger partial charge in [-0.15, -0.1) is 0 Å². The molecular weight excluding hydrogens is 382 g/mol. The van der Waals surface area contributed by atoms with Crippen LogP contribution in [-0.4, -0.2) is 28.7 Å². The third-order valence-corrected chi connectivity index (χ3v) is 5.95. The first-order valence-corrected chi connectivity index (χ1v) is 9.62. The maximum atomic E-state index is 13.4. The summed E-state index contributed by atoms with van der Waals surface area (Å²) >= 11 is 0. The van der Waals surface area contributed by atoms with Crippen LogP contribution >= 0.6 is 0 Å². The van der Waals surface area contributed by atoms with E-state index in [0.717, 1.165) is 16.0 Å². The summed E-state index contributed by atoms with van der Waals surface area (Å²) in [5.74, 6) is -2.19. The molecule has 0 spiro atoms. The lowest BCUT2D eigenvalue weighted by atomic mass is 9.85. The van der Waals surface area contributed by atoms with Crippen LogP contribution in [0.25, 0.3) is 6.08 Å². The Labute approximate surface area is 172 Å².